The number of carboxylic acid groups (broad SMARTS) is 1. The minimum absolute atomic E-state index is 0.0426. The van der Waals surface area contributed by atoms with E-state index in [-0.39, 0.29) is 11.8 Å². The maximum absolute atomic E-state index is 11.0. The van der Waals surface area contributed by atoms with Crippen LogP contribution in [0.1, 0.15) is 32.5 Å². The Labute approximate surface area is 81.7 Å². The van der Waals surface area contributed by atoms with Gasteiger partial charge in [0, 0.05) is 5.92 Å². The molecule has 2 N–H and O–H groups in total. The summed E-state index contributed by atoms with van der Waals surface area (Å²) in [5, 5.41) is 22.3. The first-order chi connectivity index (χ1) is 6.54. The van der Waals surface area contributed by atoms with E-state index >= 15 is 0 Å². The number of carboxylic acids is 1. The molecule has 0 aliphatic carbocycles. The third-order valence-electron chi connectivity index (χ3n) is 2.31. The van der Waals surface area contributed by atoms with Crippen molar-refractivity contribution in [3.63, 3.8) is 0 Å². The van der Waals surface area contributed by atoms with E-state index in [1.807, 2.05) is 13.8 Å². The summed E-state index contributed by atoms with van der Waals surface area (Å²) in [7, 11) is 0. The largest absolute Gasteiger partial charge is 0.481 e. The van der Waals surface area contributed by atoms with Gasteiger partial charge in [0.1, 0.15) is 0 Å². The summed E-state index contributed by atoms with van der Waals surface area (Å²) in [4.78, 5) is 11.0. The normalized spacial score (nSPS) is 15.4. The molecular formula is C8H14N4O2. The third-order valence-corrected chi connectivity index (χ3v) is 2.31. The molecule has 0 aromatic carbocycles. The van der Waals surface area contributed by atoms with E-state index in [1.54, 1.807) is 6.92 Å². The van der Waals surface area contributed by atoms with Gasteiger partial charge in [-0.3, -0.25) is 4.79 Å². The fraction of sp³-hybridized carbons (Fsp3) is 0.750. The van der Waals surface area contributed by atoms with Gasteiger partial charge in [-0.05, 0) is 5.92 Å². The van der Waals surface area contributed by atoms with Gasteiger partial charge >= 0.3 is 5.97 Å². The van der Waals surface area contributed by atoms with Crippen LogP contribution >= 0.6 is 0 Å². The summed E-state index contributed by atoms with van der Waals surface area (Å²) in [6.07, 6.45) is 0. The lowest BCUT2D eigenvalue weighted by atomic mass is 9.84. The number of tetrazole rings is 1. The fourth-order valence-electron chi connectivity index (χ4n) is 1.60. The van der Waals surface area contributed by atoms with E-state index in [1.165, 1.54) is 0 Å². The monoisotopic (exact) mass is 198 g/mol. The summed E-state index contributed by atoms with van der Waals surface area (Å²) in [6.45, 7) is 5.54. The number of aromatic nitrogens is 4. The number of nitrogens with zero attached hydrogens (tertiary/aromatic N) is 3. The zero-order valence-electron chi connectivity index (χ0n) is 8.43. The van der Waals surface area contributed by atoms with Gasteiger partial charge < -0.3 is 5.11 Å². The highest BCUT2D eigenvalue weighted by atomic mass is 16.4. The lowest BCUT2D eigenvalue weighted by molar-refractivity contribution is -0.144. The van der Waals surface area contributed by atoms with Crippen molar-refractivity contribution < 1.29 is 9.90 Å². The van der Waals surface area contributed by atoms with Crippen LogP contribution in [0, 0.1) is 11.8 Å². The molecule has 0 amide bonds. The van der Waals surface area contributed by atoms with E-state index in [0.29, 0.717) is 5.82 Å². The van der Waals surface area contributed by atoms with Gasteiger partial charge in [-0.25, -0.2) is 0 Å². The Hall–Kier alpha value is -1.46. The molecule has 1 aromatic heterocycles. The molecule has 2 unspecified atom stereocenters. The summed E-state index contributed by atoms with van der Waals surface area (Å²) in [6, 6.07) is 0. The number of H-pyrrole nitrogens is 1. The van der Waals surface area contributed by atoms with E-state index in [4.69, 9.17) is 5.11 Å². The lowest BCUT2D eigenvalue weighted by Gasteiger charge is -2.20. The number of aliphatic carboxylic acids is 1. The Morgan fingerprint density at radius 1 is 1.43 bits per heavy atom. The predicted molar refractivity (Wildman–Crippen MR) is 48.6 cm³/mol. The fourth-order valence-corrected chi connectivity index (χ4v) is 1.60. The second kappa shape index (κ2) is 4.17. The van der Waals surface area contributed by atoms with E-state index in [0.717, 1.165) is 0 Å². The quantitative estimate of drug-likeness (QED) is 0.741. The van der Waals surface area contributed by atoms with Crippen LogP contribution < -0.4 is 0 Å². The average molecular weight is 198 g/mol. The molecule has 1 aromatic rings. The Bertz CT molecular complexity index is 296. The lowest BCUT2D eigenvalue weighted by Crippen LogP contribution is -2.26. The average Bonchev–Trinajstić information content (AvgIpc) is 2.53. The smallest absolute Gasteiger partial charge is 0.307 e. The molecule has 2 atom stereocenters. The van der Waals surface area contributed by atoms with Gasteiger partial charge in [-0.2, -0.15) is 5.21 Å². The predicted octanol–water partition coefficient (Wildman–Crippen LogP) is 0.660. The highest BCUT2D eigenvalue weighted by Gasteiger charge is 2.31. The zero-order valence-corrected chi connectivity index (χ0v) is 8.43. The highest BCUT2D eigenvalue weighted by Crippen LogP contribution is 2.27. The number of hydrogen-bond donors (Lipinski definition) is 2. The topological polar surface area (TPSA) is 91.8 Å². The Balaban J connectivity index is 2.84. The van der Waals surface area contributed by atoms with Gasteiger partial charge in [0.15, 0.2) is 5.82 Å². The van der Waals surface area contributed by atoms with E-state index < -0.39 is 11.9 Å². The van der Waals surface area contributed by atoms with Crippen LogP contribution in [0.3, 0.4) is 0 Å². The highest BCUT2D eigenvalue weighted by molar-refractivity contribution is 5.71. The minimum atomic E-state index is -0.822. The maximum atomic E-state index is 11.0. The third kappa shape index (κ3) is 2.07. The van der Waals surface area contributed by atoms with Crippen LogP contribution in [0.15, 0.2) is 0 Å². The first kappa shape index (κ1) is 10.6. The number of hydrogen-bond acceptors (Lipinski definition) is 4. The van der Waals surface area contributed by atoms with Gasteiger partial charge in [-0.1, -0.05) is 26.0 Å². The molecule has 1 rings (SSSR count). The number of rotatable bonds is 4. The molecule has 6 heteroatoms. The Kier molecular flexibility index (Phi) is 3.16. The summed E-state index contributed by atoms with van der Waals surface area (Å²) < 4.78 is 0. The van der Waals surface area contributed by atoms with Crippen LogP contribution in [0.25, 0.3) is 0 Å². The van der Waals surface area contributed by atoms with Crippen LogP contribution in [0.5, 0.6) is 0 Å². The molecule has 0 aliphatic heterocycles. The first-order valence-corrected chi connectivity index (χ1v) is 4.50. The Morgan fingerprint density at radius 2 is 2.07 bits per heavy atom. The molecule has 14 heavy (non-hydrogen) atoms. The molecule has 0 spiro atoms. The van der Waals surface area contributed by atoms with Crippen molar-refractivity contribution in [1.29, 1.82) is 0 Å². The van der Waals surface area contributed by atoms with E-state index in [2.05, 4.69) is 20.6 Å². The number of carbonyl (C=O) groups is 1. The van der Waals surface area contributed by atoms with Crippen molar-refractivity contribution in [1.82, 2.24) is 20.6 Å². The van der Waals surface area contributed by atoms with Crippen molar-refractivity contribution >= 4 is 5.97 Å². The number of aromatic amines is 1. The molecule has 0 bridgehead atoms. The van der Waals surface area contributed by atoms with Crippen molar-refractivity contribution in [2.24, 2.45) is 11.8 Å². The van der Waals surface area contributed by atoms with Crippen molar-refractivity contribution in [3.05, 3.63) is 5.82 Å². The molecule has 78 valence electrons. The van der Waals surface area contributed by atoms with Crippen LogP contribution in [-0.2, 0) is 4.79 Å². The standard InChI is InChI=1S/C8H14N4O2/c1-4(2)6(8(13)14)5(3)7-9-11-12-10-7/h4-6H,1-3H3,(H,13,14)(H,9,10,11,12). The second-order valence-electron chi connectivity index (χ2n) is 3.67. The molecule has 0 fully saturated rings. The molecular weight excluding hydrogens is 184 g/mol. The SMILES string of the molecule is CC(C)C(C(=O)O)C(C)c1nn[nH]n1. The summed E-state index contributed by atoms with van der Waals surface area (Å²) in [5.74, 6) is -1.04. The molecule has 0 radical (unpaired) electrons. The van der Waals surface area contributed by atoms with Gasteiger partial charge in [-0.15, -0.1) is 10.2 Å². The molecule has 0 saturated carbocycles. The molecule has 6 nitrogen and oxygen atoms in total. The van der Waals surface area contributed by atoms with Gasteiger partial charge in [0.25, 0.3) is 0 Å². The maximum Gasteiger partial charge on any atom is 0.307 e. The molecule has 0 aliphatic rings. The van der Waals surface area contributed by atoms with Gasteiger partial charge in [0.05, 0.1) is 5.92 Å². The van der Waals surface area contributed by atoms with Gasteiger partial charge in [0.2, 0.25) is 0 Å². The first-order valence-electron chi connectivity index (χ1n) is 4.50. The summed E-state index contributed by atoms with van der Waals surface area (Å²) >= 11 is 0. The van der Waals surface area contributed by atoms with Crippen molar-refractivity contribution in [2.45, 2.75) is 26.7 Å². The van der Waals surface area contributed by atoms with Crippen molar-refractivity contribution in [2.75, 3.05) is 0 Å². The van der Waals surface area contributed by atoms with Crippen LogP contribution in [0.4, 0.5) is 0 Å². The number of nitrogens with one attached hydrogen (secondary N) is 1. The zero-order chi connectivity index (χ0) is 10.7. The van der Waals surface area contributed by atoms with Crippen LogP contribution in [0.2, 0.25) is 0 Å². The minimum Gasteiger partial charge on any atom is -0.481 e. The summed E-state index contributed by atoms with van der Waals surface area (Å²) in [5.41, 5.74) is 0. The second-order valence-corrected chi connectivity index (χ2v) is 3.67. The van der Waals surface area contributed by atoms with Crippen LogP contribution in [-0.4, -0.2) is 31.7 Å². The molecule has 0 saturated heterocycles. The Morgan fingerprint density at radius 3 is 2.43 bits per heavy atom. The molecule has 1 heterocycles. The van der Waals surface area contributed by atoms with E-state index in [9.17, 15) is 4.79 Å². The van der Waals surface area contributed by atoms with Crippen molar-refractivity contribution in [3.8, 4) is 0 Å².